The van der Waals surface area contributed by atoms with E-state index in [1.165, 1.54) is 0 Å². The monoisotopic (exact) mass is 411 g/mol. The van der Waals surface area contributed by atoms with Crippen molar-refractivity contribution < 1.29 is 48.6 Å². The summed E-state index contributed by atoms with van der Waals surface area (Å²) in [5, 5.41) is 17.7. The van der Waals surface area contributed by atoms with E-state index in [1.807, 2.05) is 0 Å². The van der Waals surface area contributed by atoms with Crippen LogP contribution in [0.5, 0.6) is 0 Å². The van der Waals surface area contributed by atoms with Gasteiger partial charge in [-0.15, -0.1) is 0 Å². The quantitative estimate of drug-likeness (QED) is 0.434. The summed E-state index contributed by atoms with van der Waals surface area (Å²) in [5.74, 6) is -8.60. The number of barbiturate groups is 2. The number of hydrogen-bond acceptors (Lipinski definition) is 9. The molecule has 0 aromatic carbocycles. The average molecular weight is 411 g/mol. The van der Waals surface area contributed by atoms with Crippen molar-refractivity contribution in [3.05, 3.63) is 0 Å². The Morgan fingerprint density at radius 3 is 1.79 bits per heavy atom. The fourth-order valence-electron chi connectivity index (χ4n) is 2.44. The summed E-state index contributed by atoms with van der Waals surface area (Å²) in [6.45, 7) is -2.23. The highest BCUT2D eigenvalue weighted by Crippen LogP contribution is 2.17. The molecule has 2 N–H and O–H groups in total. The molecule has 0 radical (unpaired) electrons. The second-order valence-corrected chi connectivity index (χ2v) is 5.81. The zero-order chi connectivity index (χ0) is 22.2. The molecule has 1 unspecified atom stereocenters. The summed E-state index contributed by atoms with van der Waals surface area (Å²) in [6, 6.07) is -4.67. The van der Waals surface area contributed by atoms with E-state index >= 15 is 0 Å². The lowest BCUT2D eigenvalue weighted by Gasteiger charge is -2.34. The number of urea groups is 2. The SMILES string of the molecule is CN1C(=O)C(=NC2C(=O)N(C)C(=O)N(CC(=O)O)C2=O)C(=O)N(CC(=O)O)C1=O. The standard InChI is InChI=1S/C14H13N5O10/c1-16-9(24)7(11(26)18(13(16)28)3-5(20)21)15-8-10(25)17(2)14(29)19(12(8)27)4-6(22)23/h7H,3-4H2,1-2H3,(H,20,21)(H,22,23). The van der Waals surface area contributed by atoms with E-state index in [2.05, 4.69) is 4.99 Å². The number of carboxylic acid groups (broad SMARTS) is 2. The van der Waals surface area contributed by atoms with Crippen LogP contribution in [0, 0.1) is 0 Å². The number of carbonyl (C=O) groups excluding carboxylic acids is 6. The fraction of sp³-hybridized carbons (Fsp3) is 0.357. The molecule has 0 aliphatic carbocycles. The molecule has 0 bridgehead atoms. The van der Waals surface area contributed by atoms with Gasteiger partial charge in [0.2, 0.25) is 6.04 Å². The van der Waals surface area contributed by atoms with Crippen molar-refractivity contribution >= 4 is 53.3 Å². The largest absolute Gasteiger partial charge is 0.480 e. The van der Waals surface area contributed by atoms with Gasteiger partial charge in [-0.25, -0.2) is 14.5 Å². The molecule has 15 nitrogen and oxygen atoms in total. The first-order chi connectivity index (χ1) is 13.4. The molecule has 0 saturated carbocycles. The van der Waals surface area contributed by atoms with Crippen LogP contribution in [0.4, 0.5) is 9.59 Å². The van der Waals surface area contributed by atoms with Gasteiger partial charge in [-0.2, -0.15) is 0 Å². The van der Waals surface area contributed by atoms with Crippen LogP contribution in [0.3, 0.4) is 0 Å². The normalized spacial score (nSPS) is 22.1. The Morgan fingerprint density at radius 1 is 0.793 bits per heavy atom. The van der Waals surface area contributed by atoms with Gasteiger partial charge in [0.15, 0.2) is 5.71 Å². The lowest BCUT2D eigenvalue weighted by atomic mass is 10.1. The van der Waals surface area contributed by atoms with Crippen molar-refractivity contribution in [1.82, 2.24) is 19.6 Å². The minimum absolute atomic E-state index is 0.157. The second-order valence-electron chi connectivity index (χ2n) is 5.81. The number of amides is 8. The summed E-state index contributed by atoms with van der Waals surface area (Å²) in [5.41, 5.74) is -1.10. The highest BCUT2D eigenvalue weighted by Gasteiger charge is 2.48. The van der Waals surface area contributed by atoms with E-state index in [9.17, 15) is 38.4 Å². The summed E-state index contributed by atoms with van der Waals surface area (Å²) >= 11 is 0. The second kappa shape index (κ2) is 7.45. The molecule has 2 fully saturated rings. The van der Waals surface area contributed by atoms with E-state index in [0.717, 1.165) is 14.1 Å². The molecule has 2 aliphatic heterocycles. The molecule has 0 aromatic heterocycles. The maximum atomic E-state index is 12.4. The Morgan fingerprint density at radius 2 is 1.28 bits per heavy atom. The molecule has 2 aliphatic rings. The van der Waals surface area contributed by atoms with Crippen molar-refractivity contribution in [2.45, 2.75) is 6.04 Å². The molecule has 29 heavy (non-hydrogen) atoms. The molecule has 0 aromatic rings. The third kappa shape index (κ3) is 3.64. The maximum absolute atomic E-state index is 12.4. The molecular formula is C14H13N5O10. The third-order valence-electron chi connectivity index (χ3n) is 3.90. The van der Waals surface area contributed by atoms with Gasteiger partial charge in [0.1, 0.15) is 13.1 Å². The highest BCUT2D eigenvalue weighted by molar-refractivity contribution is 6.68. The summed E-state index contributed by atoms with van der Waals surface area (Å²) in [6.07, 6.45) is 0. The van der Waals surface area contributed by atoms with Crippen molar-refractivity contribution in [3.63, 3.8) is 0 Å². The maximum Gasteiger partial charge on any atom is 0.334 e. The Hall–Kier alpha value is -4.17. The van der Waals surface area contributed by atoms with Gasteiger partial charge in [-0.1, -0.05) is 0 Å². The highest BCUT2D eigenvalue weighted by atomic mass is 16.4. The predicted molar refractivity (Wildman–Crippen MR) is 86.3 cm³/mol. The van der Waals surface area contributed by atoms with E-state index < -0.39 is 72.5 Å². The van der Waals surface area contributed by atoms with Crippen molar-refractivity contribution in [3.8, 4) is 0 Å². The topological polar surface area (TPSA) is 202 Å². The third-order valence-corrected chi connectivity index (χ3v) is 3.90. The Labute approximate surface area is 160 Å². The number of aliphatic carboxylic acids is 2. The number of rotatable bonds is 5. The van der Waals surface area contributed by atoms with Gasteiger partial charge in [0.05, 0.1) is 0 Å². The summed E-state index contributed by atoms with van der Waals surface area (Å²) in [4.78, 5) is 99.4. The lowest BCUT2D eigenvalue weighted by molar-refractivity contribution is -0.149. The number of likely N-dealkylation sites (N-methyl/N-ethyl adjacent to an activating group) is 1. The number of carbonyl (C=O) groups is 8. The van der Waals surface area contributed by atoms with Gasteiger partial charge < -0.3 is 10.2 Å². The predicted octanol–water partition coefficient (Wildman–Crippen LogP) is -3.19. The molecule has 2 saturated heterocycles. The Bertz CT molecular complexity index is 908. The van der Waals surface area contributed by atoms with Gasteiger partial charge >= 0.3 is 24.0 Å². The fourth-order valence-corrected chi connectivity index (χ4v) is 2.44. The molecular weight excluding hydrogens is 398 g/mol. The molecule has 0 spiro atoms. The number of aliphatic imine (C=N–C) groups is 1. The van der Waals surface area contributed by atoms with Crippen LogP contribution < -0.4 is 0 Å². The van der Waals surface area contributed by atoms with E-state index in [0.29, 0.717) is 9.80 Å². The van der Waals surface area contributed by atoms with Crippen molar-refractivity contribution in [2.75, 3.05) is 27.2 Å². The first-order valence-electron chi connectivity index (χ1n) is 7.66. The van der Waals surface area contributed by atoms with Crippen LogP contribution in [-0.4, -0.2) is 116 Å². The minimum atomic E-state index is -2.16. The zero-order valence-electron chi connectivity index (χ0n) is 14.9. The smallest absolute Gasteiger partial charge is 0.334 e. The lowest BCUT2D eigenvalue weighted by Crippen LogP contribution is -2.63. The number of hydrogen-bond donors (Lipinski definition) is 2. The van der Waals surface area contributed by atoms with Crippen LogP contribution in [0.2, 0.25) is 0 Å². The molecule has 8 amide bonds. The zero-order valence-corrected chi connectivity index (χ0v) is 14.9. The van der Waals surface area contributed by atoms with Crippen LogP contribution in [0.15, 0.2) is 4.99 Å². The van der Waals surface area contributed by atoms with Crippen molar-refractivity contribution in [1.29, 1.82) is 0 Å². The van der Waals surface area contributed by atoms with Gasteiger partial charge in [-0.05, 0) is 0 Å². The van der Waals surface area contributed by atoms with Crippen LogP contribution in [0.25, 0.3) is 0 Å². The van der Waals surface area contributed by atoms with Crippen LogP contribution in [-0.2, 0) is 28.8 Å². The van der Waals surface area contributed by atoms with Gasteiger partial charge in [-0.3, -0.25) is 48.5 Å². The van der Waals surface area contributed by atoms with E-state index in [1.54, 1.807) is 0 Å². The molecule has 2 heterocycles. The van der Waals surface area contributed by atoms with E-state index in [-0.39, 0.29) is 9.80 Å². The number of imide groups is 4. The first-order valence-corrected chi connectivity index (χ1v) is 7.66. The molecule has 1 atom stereocenters. The van der Waals surface area contributed by atoms with Gasteiger partial charge in [0.25, 0.3) is 23.6 Å². The molecule has 15 heteroatoms. The van der Waals surface area contributed by atoms with Crippen LogP contribution in [0.1, 0.15) is 0 Å². The summed E-state index contributed by atoms with van der Waals surface area (Å²) in [7, 11) is 1.84. The minimum Gasteiger partial charge on any atom is -0.480 e. The first kappa shape index (κ1) is 21.1. The van der Waals surface area contributed by atoms with Crippen molar-refractivity contribution in [2.24, 2.45) is 4.99 Å². The Balaban J connectivity index is 2.50. The molecule has 2 rings (SSSR count). The number of nitrogens with zero attached hydrogens (tertiary/aromatic N) is 5. The van der Waals surface area contributed by atoms with Gasteiger partial charge in [0, 0.05) is 14.1 Å². The summed E-state index contributed by atoms with van der Waals surface area (Å²) < 4.78 is 0. The van der Waals surface area contributed by atoms with Crippen LogP contribution >= 0.6 is 0 Å². The average Bonchev–Trinajstić information content (AvgIpc) is 2.64. The number of carboxylic acids is 2. The van der Waals surface area contributed by atoms with E-state index in [4.69, 9.17) is 10.2 Å². The Kier molecular flexibility index (Phi) is 5.43. The molecule has 154 valence electrons.